The van der Waals surface area contributed by atoms with E-state index in [1.165, 1.54) is 56.2 Å². The molecule has 2 fully saturated rings. The van der Waals surface area contributed by atoms with Gasteiger partial charge in [-0.25, -0.2) is 0 Å². The third-order valence-corrected chi connectivity index (χ3v) is 6.80. The zero-order chi connectivity index (χ0) is 20.9. The maximum Gasteiger partial charge on any atom is 0.387 e. The molecule has 0 bridgehead atoms. The monoisotopic (exact) mass is 406 g/mol. The van der Waals surface area contributed by atoms with Gasteiger partial charge in [-0.1, -0.05) is 30.0 Å². The molecule has 2 aromatic rings. The lowest BCUT2D eigenvalue weighted by Crippen LogP contribution is -2.29. The summed E-state index contributed by atoms with van der Waals surface area (Å²) in [7, 11) is 0. The first-order valence-electron chi connectivity index (χ1n) is 10.9. The van der Waals surface area contributed by atoms with Crippen LogP contribution in [0.4, 0.5) is 8.78 Å². The molecule has 1 nitrogen and oxygen atoms in total. The summed E-state index contributed by atoms with van der Waals surface area (Å²) in [6.45, 7) is 1.19. The zero-order valence-corrected chi connectivity index (χ0v) is 17.2. The molecule has 2 aliphatic rings. The molecular weight excluding hydrogens is 378 g/mol. The molecule has 2 saturated carbocycles. The molecule has 156 valence electrons. The molecule has 0 saturated heterocycles. The molecule has 4 rings (SSSR count). The van der Waals surface area contributed by atoms with E-state index < -0.39 is 6.61 Å². The van der Waals surface area contributed by atoms with Crippen LogP contribution in [0.15, 0.2) is 61.2 Å². The first kappa shape index (κ1) is 20.7. The Labute approximate surface area is 178 Å². The molecule has 2 aromatic carbocycles. The van der Waals surface area contributed by atoms with E-state index >= 15 is 0 Å². The van der Waals surface area contributed by atoms with Crippen LogP contribution < -0.4 is 4.74 Å². The van der Waals surface area contributed by atoms with E-state index in [-0.39, 0.29) is 5.75 Å². The molecule has 0 heterocycles. The number of alkyl halides is 2. The van der Waals surface area contributed by atoms with Gasteiger partial charge in [-0.05, 0) is 104 Å². The zero-order valence-electron chi connectivity index (χ0n) is 17.2. The molecule has 0 spiro atoms. The lowest BCUT2D eigenvalue weighted by atomic mass is 9.64. The van der Waals surface area contributed by atoms with E-state index in [0.717, 1.165) is 28.9 Å². The second-order valence-corrected chi connectivity index (χ2v) is 8.61. The third-order valence-electron chi connectivity index (χ3n) is 6.80. The minimum atomic E-state index is -2.81. The van der Waals surface area contributed by atoms with E-state index in [0.29, 0.717) is 5.92 Å². The van der Waals surface area contributed by atoms with Crippen LogP contribution in [0.5, 0.6) is 5.75 Å². The predicted octanol–water partition coefficient (Wildman–Crippen LogP) is 7.17. The number of rotatable bonds is 4. The minimum Gasteiger partial charge on any atom is -0.435 e. The normalized spacial score (nSPS) is 25.7. The fourth-order valence-corrected chi connectivity index (χ4v) is 5.14. The largest absolute Gasteiger partial charge is 0.435 e. The summed E-state index contributed by atoms with van der Waals surface area (Å²) in [5, 5.41) is 0. The number of hydrogen-bond donors (Lipinski definition) is 0. The first-order chi connectivity index (χ1) is 14.6. The summed E-state index contributed by atoms with van der Waals surface area (Å²) in [6, 6.07) is 15.1. The Morgan fingerprint density at radius 3 is 2.07 bits per heavy atom. The van der Waals surface area contributed by atoms with Crippen molar-refractivity contribution in [2.24, 2.45) is 17.8 Å². The Morgan fingerprint density at radius 1 is 0.833 bits per heavy atom. The highest BCUT2D eigenvalue weighted by Gasteiger charge is 2.35. The minimum absolute atomic E-state index is 0.146. The van der Waals surface area contributed by atoms with Crippen LogP contribution in [0, 0.1) is 29.6 Å². The van der Waals surface area contributed by atoms with Gasteiger partial charge in [-0.15, -0.1) is 6.58 Å². The molecule has 0 amide bonds. The first-order valence-corrected chi connectivity index (χ1v) is 10.9. The highest BCUT2D eigenvalue weighted by atomic mass is 19.3. The van der Waals surface area contributed by atoms with E-state index in [1.54, 1.807) is 12.1 Å². The van der Waals surface area contributed by atoms with E-state index in [4.69, 9.17) is 0 Å². The molecule has 3 heteroatoms. The number of halogens is 2. The van der Waals surface area contributed by atoms with Crippen molar-refractivity contribution in [3.05, 3.63) is 77.9 Å². The Morgan fingerprint density at radius 2 is 1.43 bits per heavy atom. The van der Waals surface area contributed by atoms with Gasteiger partial charge in [0.25, 0.3) is 0 Å². The van der Waals surface area contributed by atoms with Crippen molar-refractivity contribution < 1.29 is 13.5 Å². The maximum absolute atomic E-state index is 12.2. The van der Waals surface area contributed by atoms with Gasteiger partial charge in [0.2, 0.25) is 0 Å². The van der Waals surface area contributed by atoms with Crippen LogP contribution in [0.1, 0.15) is 61.1 Å². The van der Waals surface area contributed by atoms with Crippen molar-refractivity contribution in [2.75, 3.05) is 0 Å². The second-order valence-electron chi connectivity index (χ2n) is 8.61. The van der Waals surface area contributed by atoms with E-state index in [1.807, 2.05) is 0 Å². The molecule has 4 atom stereocenters. The Balaban J connectivity index is 1.36. The Kier molecular flexibility index (Phi) is 6.53. The van der Waals surface area contributed by atoms with Crippen LogP contribution in [-0.4, -0.2) is 6.61 Å². The molecule has 0 radical (unpaired) electrons. The number of ether oxygens (including phenoxy) is 1. The van der Waals surface area contributed by atoms with Gasteiger partial charge in [0.05, 0.1) is 0 Å². The summed E-state index contributed by atoms with van der Waals surface area (Å²) in [5.41, 5.74) is 3.17. The quantitative estimate of drug-likeness (QED) is 0.386. The highest BCUT2D eigenvalue weighted by Crippen LogP contribution is 2.47. The van der Waals surface area contributed by atoms with Crippen LogP contribution in [0.3, 0.4) is 0 Å². The molecule has 4 unspecified atom stereocenters. The second kappa shape index (κ2) is 9.47. The lowest BCUT2D eigenvalue weighted by Gasteiger charge is -2.41. The van der Waals surface area contributed by atoms with Gasteiger partial charge in [-0.3, -0.25) is 0 Å². The highest BCUT2D eigenvalue weighted by molar-refractivity contribution is 5.45. The van der Waals surface area contributed by atoms with Crippen molar-refractivity contribution in [2.45, 2.75) is 51.1 Å². The summed E-state index contributed by atoms with van der Waals surface area (Å²) >= 11 is 0. The molecular formula is C27H28F2O. The SMILES string of the molecule is C=CC1CCC2CC(c3ccc(C#Cc4ccc(OC(F)F)cc4)cc3)CCC2C1. The number of hydrogen-bond acceptors (Lipinski definition) is 1. The average molecular weight is 407 g/mol. The number of fused-ring (bicyclic) bond motifs is 1. The summed E-state index contributed by atoms with van der Waals surface area (Å²) < 4.78 is 28.8. The standard InChI is InChI=1S/C27H28F2O/c1-2-19-5-12-25-18-24(14-13-23(25)17-19)22-10-6-20(7-11-22)3-4-21-8-15-26(16-9-21)30-27(28)29/h2,6-11,15-16,19,23-25,27H,1,5,12-14,17-18H2. The Hall–Kier alpha value is -2.60. The fraction of sp³-hybridized carbons (Fsp3) is 0.407. The summed E-state index contributed by atoms with van der Waals surface area (Å²) in [6.07, 6.45) is 10.1. The third kappa shape index (κ3) is 5.11. The van der Waals surface area contributed by atoms with E-state index in [2.05, 4.69) is 53.5 Å². The fourth-order valence-electron chi connectivity index (χ4n) is 5.14. The average Bonchev–Trinajstić information content (AvgIpc) is 2.78. The van der Waals surface area contributed by atoms with Crippen LogP contribution in [-0.2, 0) is 0 Å². The smallest absolute Gasteiger partial charge is 0.387 e. The van der Waals surface area contributed by atoms with Crippen molar-refractivity contribution >= 4 is 0 Å². The maximum atomic E-state index is 12.2. The van der Waals surface area contributed by atoms with E-state index in [9.17, 15) is 8.78 Å². The van der Waals surface area contributed by atoms with Crippen LogP contribution >= 0.6 is 0 Å². The molecule has 30 heavy (non-hydrogen) atoms. The van der Waals surface area contributed by atoms with Gasteiger partial charge in [0.15, 0.2) is 0 Å². The number of benzene rings is 2. The van der Waals surface area contributed by atoms with Crippen LogP contribution in [0.25, 0.3) is 0 Å². The van der Waals surface area contributed by atoms with Crippen LogP contribution in [0.2, 0.25) is 0 Å². The summed E-state index contributed by atoms with van der Waals surface area (Å²) in [4.78, 5) is 0. The lowest BCUT2D eigenvalue weighted by molar-refractivity contribution is -0.0498. The predicted molar refractivity (Wildman–Crippen MR) is 117 cm³/mol. The van der Waals surface area contributed by atoms with Crippen molar-refractivity contribution in [3.63, 3.8) is 0 Å². The Bertz CT molecular complexity index is 905. The molecule has 2 aliphatic carbocycles. The summed E-state index contributed by atoms with van der Waals surface area (Å²) in [5.74, 6) is 9.55. The van der Waals surface area contributed by atoms with Crippen molar-refractivity contribution in [1.29, 1.82) is 0 Å². The number of allylic oxidation sites excluding steroid dienone is 1. The molecule has 0 N–H and O–H groups in total. The topological polar surface area (TPSA) is 9.23 Å². The molecule has 0 aliphatic heterocycles. The molecule has 0 aromatic heterocycles. The van der Waals surface area contributed by atoms with Gasteiger partial charge >= 0.3 is 6.61 Å². The van der Waals surface area contributed by atoms with Crippen molar-refractivity contribution in [3.8, 4) is 17.6 Å². The van der Waals surface area contributed by atoms with Gasteiger partial charge < -0.3 is 4.74 Å². The van der Waals surface area contributed by atoms with Crippen molar-refractivity contribution in [1.82, 2.24) is 0 Å². The van der Waals surface area contributed by atoms with Gasteiger partial charge in [0.1, 0.15) is 5.75 Å². The van der Waals surface area contributed by atoms with Gasteiger partial charge in [0, 0.05) is 11.1 Å². The van der Waals surface area contributed by atoms with Gasteiger partial charge in [-0.2, -0.15) is 8.78 Å².